The maximum Gasteiger partial charge on any atom is 0.291 e. The van der Waals surface area contributed by atoms with Gasteiger partial charge in [-0.1, -0.05) is 39.4 Å². The number of anilines is 1. The van der Waals surface area contributed by atoms with E-state index in [1.165, 1.54) is 11.3 Å². The monoisotopic (exact) mass is 493 g/mol. The molecule has 9 heteroatoms. The van der Waals surface area contributed by atoms with Crippen LogP contribution in [-0.4, -0.2) is 25.7 Å². The lowest BCUT2D eigenvalue weighted by Gasteiger charge is -2.08. The van der Waals surface area contributed by atoms with E-state index in [-0.39, 0.29) is 11.7 Å². The van der Waals surface area contributed by atoms with Gasteiger partial charge in [0.2, 0.25) is 4.96 Å². The van der Waals surface area contributed by atoms with Gasteiger partial charge in [0.15, 0.2) is 11.6 Å². The summed E-state index contributed by atoms with van der Waals surface area (Å²) < 4.78 is 8.47. The molecule has 154 valence electrons. The van der Waals surface area contributed by atoms with Gasteiger partial charge in [0.1, 0.15) is 10.8 Å². The van der Waals surface area contributed by atoms with Gasteiger partial charge < -0.3 is 9.73 Å². The standard InChI is InChI=1S/C22H16BrN5O2S/c1-12-11-15(21-27-28-13(2)25-26-22(28)31-21)5-8-17(12)24-20(29)19-10-9-18(30-19)14-3-6-16(23)7-4-14/h3-11H,1-2H3,(H,24,29). The highest BCUT2D eigenvalue weighted by Gasteiger charge is 2.15. The van der Waals surface area contributed by atoms with Crippen LogP contribution in [0.15, 0.2) is 63.5 Å². The Morgan fingerprint density at radius 1 is 1.03 bits per heavy atom. The minimum Gasteiger partial charge on any atom is -0.451 e. The molecule has 1 amide bonds. The number of hydrogen-bond donors (Lipinski definition) is 1. The van der Waals surface area contributed by atoms with Crippen LogP contribution in [0.3, 0.4) is 0 Å². The topological polar surface area (TPSA) is 85.3 Å². The summed E-state index contributed by atoms with van der Waals surface area (Å²) >= 11 is 4.89. The molecule has 0 fully saturated rings. The Bertz CT molecular complexity index is 1420. The van der Waals surface area contributed by atoms with Crippen molar-refractivity contribution >= 4 is 43.8 Å². The van der Waals surface area contributed by atoms with Crippen molar-refractivity contribution in [2.24, 2.45) is 0 Å². The Morgan fingerprint density at radius 3 is 2.55 bits per heavy atom. The fraction of sp³-hybridized carbons (Fsp3) is 0.0909. The summed E-state index contributed by atoms with van der Waals surface area (Å²) in [7, 11) is 0. The molecule has 0 saturated carbocycles. The first-order valence-corrected chi connectivity index (χ1v) is 11.1. The number of furan rings is 1. The molecule has 1 N–H and O–H groups in total. The van der Waals surface area contributed by atoms with Gasteiger partial charge >= 0.3 is 0 Å². The van der Waals surface area contributed by atoms with Crippen molar-refractivity contribution in [2.45, 2.75) is 13.8 Å². The van der Waals surface area contributed by atoms with Crippen LogP contribution in [0.4, 0.5) is 5.69 Å². The van der Waals surface area contributed by atoms with Crippen LogP contribution in [0.25, 0.3) is 26.9 Å². The molecule has 0 bridgehead atoms. The molecular formula is C22H16BrN5O2S. The van der Waals surface area contributed by atoms with Crippen LogP contribution in [0.1, 0.15) is 21.9 Å². The highest BCUT2D eigenvalue weighted by Crippen LogP contribution is 2.29. The predicted molar refractivity (Wildman–Crippen MR) is 123 cm³/mol. The van der Waals surface area contributed by atoms with E-state index >= 15 is 0 Å². The molecule has 0 aliphatic carbocycles. The maximum absolute atomic E-state index is 12.7. The smallest absolute Gasteiger partial charge is 0.291 e. The molecule has 5 aromatic rings. The molecule has 3 aromatic heterocycles. The third-order valence-electron chi connectivity index (χ3n) is 4.83. The quantitative estimate of drug-likeness (QED) is 0.344. The number of halogens is 1. The van der Waals surface area contributed by atoms with E-state index in [1.54, 1.807) is 16.6 Å². The molecule has 5 rings (SSSR count). The summed E-state index contributed by atoms with van der Waals surface area (Å²) in [6, 6.07) is 17.0. The van der Waals surface area contributed by atoms with Crippen molar-refractivity contribution in [3.05, 3.63) is 76.2 Å². The fourth-order valence-corrected chi connectivity index (χ4v) is 4.33. The Hall–Kier alpha value is -3.30. The molecule has 0 saturated heterocycles. The Morgan fingerprint density at radius 2 is 1.81 bits per heavy atom. The predicted octanol–water partition coefficient (Wildman–Crippen LogP) is 5.74. The molecule has 7 nitrogen and oxygen atoms in total. The second kappa shape index (κ2) is 7.75. The van der Waals surface area contributed by atoms with Gasteiger partial charge in [-0.2, -0.15) is 9.61 Å². The highest BCUT2D eigenvalue weighted by molar-refractivity contribution is 9.10. The zero-order valence-electron chi connectivity index (χ0n) is 16.6. The van der Waals surface area contributed by atoms with E-state index in [0.29, 0.717) is 5.76 Å². The molecule has 0 unspecified atom stereocenters. The molecule has 0 aliphatic heterocycles. The Balaban J connectivity index is 1.35. The summed E-state index contributed by atoms with van der Waals surface area (Å²) in [5.74, 6) is 1.35. The zero-order valence-corrected chi connectivity index (χ0v) is 19.0. The molecular weight excluding hydrogens is 478 g/mol. The van der Waals surface area contributed by atoms with Crippen LogP contribution in [-0.2, 0) is 0 Å². The van der Waals surface area contributed by atoms with Crippen LogP contribution in [0.5, 0.6) is 0 Å². The average molecular weight is 494 g/mol. The number of amides is 1. The first-order chi connectivity index (χ1) is 15.0. The van der Waals surface area contributed by atoms with Gasteiger partial charge in [-0.05, 0) is 61.9 Å². The van der Waals surface area contributed by atoms with Crippen molar-refractivity contribution in [1.29, 1.82) is 0 Å². The normalized spacial score (nSPS) is 11.2. The lowest BCUT2D eigenvalue weighted by molar-refractivity contribution is 0.0997. The average Bonchev–Trinajstić information content (AvgIpc) is 3.48. The van der Waals surface area contributed by atoms with Gasteiger partial charge in [-0.15, -0.1) is 10.2 Å². The molecule has 0 radical (unpaired) electrons. The summed E-state index contributed by atoms with van der Waals surface area (Å²) in [4.78, 5) is 13.5. The number of carbonyl (C=O) groups excluding carboxylic acids is 1. The number of rotatable bonds is 4. The Labute approximate surface area is 189 Å². The van der Waals surface area contributed by atoms with Gasteiger partial charge in [-0.25, -0.2) is 0 Å². The molecule has 31 heavy (non-hydrogen) atoms. The lowest BCUT2D eigenvalue weighted by Crippen LogP contribution is -2.11. The van der Waals surface area contributed by atoms with E-state index in [2.05, 4.69) is 36.5 Å². The number of benzene rings is 2. The van der Waals surface area contributed by atoms with Gasteiger partial charge in [0.25, 0.3) is 5.91 Å². The SMILES string of the molecule is Cc1cc(-c2nn3c(C)nnc3s2)ccc1NC(=O)c1ccc(-c2ccc(Br)cc2)o1. The molecule has 0 aliphatic rings. The first-order valence-electron chi connectivity index (χ1n) is 9.45. The van der Waals surface area contributed by atoms with E-state index < -0.39 is 0 Å². The molecule has 0 spiro atoms. The Kier molecular flexibility index (Phi) is 4.91. The number of hydrogen-bond acceptors (Lipinski definition) is 6. The fourth-order valence-electron chi connectivity index (χ4n) is 3.18. The third-order valence-corrected chi connectivity index (χ3v) is 6.30. The van der Waals surface area contributed by atoms with Gasteiger partial charge in [-0.3, -0.25) is 4.79 Å². The van der Waals surface area contributed by atoms with Gasteiger partial charge in [0.05, 0.1) is 0 Å². The van der Waals surface area contributed by atoms with E-state index in [1.807, 2.05) is 56.3 Å². The number of nitrogens with zero attached hydrogens (tertiary/aromatic N) is 4. The maximum atomic E-state index is 12.7. The summed E-state index contributed by atoms with van der Waals surface area (Å²) in [5.41, 5.74) is 3.51. The number of carbonyl (C=O) groups is 1. The van der Waals surface area contributed by atoms with Crippen LogP contribution >= 0.6 is 27.3 Å². The van der Waals surface area contributed by atoms with E-state index in [4.69, 9.17) is 4.42 Å². The van der Waals surface area contributed by atoms with Crippen molar-refractivity contribution in [3.8, 4) is 21.9 Å². The first kappa shape index (κ1) is 19.7. The van der Waals surface area contributed by atoms with E-state index in [9.17, 15) is 4.79 Å². The summed E-state index contributed by atoms with van der Waals surface area (Å²) in [5, 5.41) is 16.5. The molecule has 0 atom stereocenters. The van der Waals surface area contributed by atoms with E-state index in [0.717, 1.165) is 42.6 Å². The number of aromatic nitrogens is 4. The third kappa shape index (κ3) is 3.77. The van der Waals surface area contributed by atoms with Crippen molar-refractivity contribution in [2.75, 3.05) is 5.32 Å². The van der Waals surface area contributed by atoms with Crippen LogP contribution in [0, 0.1) is 13.8 Å². The van der Waals surface area contributed by atoms with Crippen LogP contribution in [0.2, 0.25) is 0 Å². The minimum atomic E-state index is -0.298. The summed E-state index contributed by atoms with van der Waals surface area (Å²) in [6.07, 6.45) is 0. The minimum absolute atomic E-state index is 0.255. The molecule has 3 heterocycles. The number of aryl methyl sites for hydroxylation is 2. The number of nitrogens with one attached hydrogen (secondary N) is 1. The largest absolute Gasteiger partial charge is 0.451 e. The summed E-state index contributed by atoms with van der Waals surface area (Å²) in [6.45, 7) is 3.81. The second-order valence-electron chi connectivity index (χ2n) is 7.00. The van der Waals surface area contributed by atoms with Crippen molar-refractivity contribution in [1.82, 2.24) is 19.8 Å². The lowest BCUT2D eigenvalue weighted by atomic mass is 10.1. The van der Waals surface area contributed by atoms with Crippen LogP contribution < -0.4 is 5.32 Å². The highest BCUT2D eigenvalue weighted by atomic mass is 79.9. The second-order valence-corrected chi connectivity index (χ2v) is 8.88. The van der Waals surface area contributed by atoms with Crippen molar-refractivity contribution in [3.63, 3.8) is 0 Å². The van der Waals surface area contributed by atoms with Gasteiger partial charge in [0, 0.05) is 21.3 Å². The van der Waals surface area contributed by atoms with Crippen molar-refractivity contribution < 1.29 is 9.21 Å². The number of fused-ring (bicyclic) bond motifs is 1. The molecule has 2 aromatic carbocycles. The zero-order chi connectivity index (χ0) is 21.5.